The van der Waals surface area contributed by atoms with Crippen molar-refractivity contribution in [3.05, 3.63) is 28.2 Å². The van der Waals surface area contributed by atoms with Crippen LogP contribution in [0.3, 0.4) is 0 Å². The second kappa shape index (κ2) is 6.89. The van der Waals surface area contributed by atoms with Crippen LogP contribution >= 0.6 is 15.9 Å². The number of rotatable bonds is 6. The Hall–Kier alpha value is -0.580. The molecule has 90 valence electrons. The molecule has 0 saturated heterocycles. The minimum Gasteiger partial charge on any atom is -0.492 e. The molecule has 0 radical (unpaired) electrons. The standard InChI is InChI=1S/C12H18BrNO2/c1-9(15)6-7-16-12-10(8-14-2)4-3-5-11(12)13/h3-5,9,14-15H,6-8H2,1-2H3. The van der Waals surface area contributed by atoms with Crippen LogP contribution in [0.1, 0.15) is 18.9 Å². The van der Waals surface area contributed by atoms with Gasteiger partial charge in [-0.3, -0.25) is 0 Å². The molecule has 0 aliphatic rings. The minimum atomic E-state index is -0.324. The Labute approximate surface area is 105 Å². The van der Waals surface area contributed by atoms with E-state index in [0.717, 1.165) is 22.3 Å². The lowest BCUT2D eigenvalue weighted by Crippen LogP contribution is -2.11. The van der Waals surface area contributed by atoms with Gasteiger partial charge in [-0.05, 0) is 36.0 Å². The van der Waals surface area contributed by atoms with Crippen molar-refractivity contribution < 1.29 is 9.84 Å². The smallest absolute Gasteiger partial charge is 0.137 e. The highest BCUT2D eigenvalue weighted by molar-refractivity contribution is 9.10. The van der Waals surface area contributed by atoms with E-state index in [4.69, 9.17) is 9.84 Å². The average molecular weight is 288 g/mol. The molecule has 0 spiro atoms. The molecule has 0 aliphatic heterocycles. The zero-order chi connectivity index (χ0) is 12.0. The van der Waals surface area contributed by atoms with Crippen molar-refractivity contribution in [2.24, 2.45) is 0 Å². The molecule has 0 aliphatic carbocycles. The summed E-state index contributed by atoms with van der Waals surface area (Å²) in [5.41, 5.74) is 1.11. The third kappa shape index (κ3) is 4.12. The van der Waals surface area contributed by atoms with Gasteiger partial charge >= 0.3 is 0 Å². The Kier molecular flexibility index (Phi) is 5.80. The van der Waals surface area contributed by atoms with Crippen molar-refractivity contribution in [2.75, 3.05) is 13.7 Å². The van der Waals surface area contributed by atoms with Gasteiger partial charge in [0.05, 0.1) is 17.2 Å². The summed E-state index contributed by atoms with van der Waals surface area (Å²) < 4.78 is 6.63. The predicted octanol–water partition coefficient (Wildman–Crippen LogP) is 2.32. The summed E-state index contributed by atoms with van der Waals surface area (Å²) in [6.45, 7) is 3.05. The molecule has 0 amide bonds. The van der Waals surface area contributed by atoms with E-state index in [9.17, 15) is 0 Å². The molecular weight excluding hydrogens is 270 g/mol. The summed E-state index contributed by atoms with van der Waals surface area (Å²) in [6.07, 6.45) is 0.315. The third-order valence-corrected chi connectivity index (χ3v) is 2.82. The number of benzene rings is 1. The molecule has 0 fully saturated rings. The molecule has 0 aromatic heterocycles. The topological polar surface area (TPSA) is 41.5 Å². The summed E-state index contributed by atoms with van der Waals surface area (Å²) in [6, 6.07) is 5.97. The van der Waals surface area contributed by atoms with Crippen LogP contribution in [0, 0.1) is 0 Å². The average Bonchev–Trinajstić information content (AvgIpc) is 2.22. The maximum absolute atomic E-state index is 9.17. The normalized spacial score (nSPS) is 12.5. The first-order valence-corrected chi connectivity index (χ1v) is 6.17. The van der Waals surface area contributed by atoms with Crippen molar-refractivity contribution in [3.63, 3.8) is 0 Å². The summed E-state index contributed by atoms with van der Waals surface area (Å²) >= 11 is 3.47. The largest absolute Gasteiger partial charge is 0.492 e. The number of aliphatic hydroxyl groups is 1. The molecule has 1 atom stereocenters. The van der Waals surface area contributed by atoms with Crippen LogP contribution in [0.5, 0.6) is 5.75 Å². The molecule has 2 N–H and O–H groups in total. The lowest BCUT2D eigenvalue weighted by Gasteiger charge is -2.13. The fraction of sp³-hybridized carbons (Fsp3) is 0.500. The molecule has 0 saturated carbocycles. The lowest BCUT2D eigenvalue weighted by atomic mass is 10.2. The van der Waals surface area contributed by atoms with Gasteiger partial charge in [0.25, 0.3) is 0 Å². The fourth-order valence-corrected chi connectivity index (χ4v) is 1.90. The summed E-state index contributed by atoms with van der Waals surface area (Å²) in [4.78, 5) is 0. The zero-order valence-electron chi connectivity index (χ0n) is 9.66. The monoisotopic (exact) mass is 287 g/mol. The predicted molar refractivity (Wildman–Crippen MR) is 68.7 cm³/mol. The Balaban J connectivity index is 2.68. The summed E-state index contributed by atoms with van der Waals surface area (Å²) in [7, 11) is 1.90. The van der Waals surface area contributed by atoms with Gasteiger partial charge < -0.3 is 15.2 Å². The van der Waals surface area contributed by atoms with Gasteiger partial charge in [-0.2, -0.15) is 0 Å². The first kappa shape index (κ1) is 13.5. The molecule has 1 aromatic rings. The van der Waals surface area contributed by atoms with Gasteiger partial charge in [-0.15, -0.1) is 0 Å². The Morgan fingerprint density at radius 2 is 2.25 bits per heavy atom. The van der Waals surface area contributed by atoms with Crippen LogP contribution in [0.2, 0.25) is 0 Å². The van der Waals surface area contributed by atoms with Crippen LogP contribution in [0.4, 0.5) is 0 Å². The molecular formula is C12H18BrNO2. The van der Waals surface area contributed by atoms with Gasteiger partial charge in [-0.1, -0.05) is 12.1 Å². The van der Waals surface area contributed by atoms with Crippen molar-refractivity contribution >= 4 is 15.9 Å². The number of hydrogen-bond acceptors (Lipinski definition) is 3. The van der Waals surface area contributed by atoms with Crippen LogP contribution in [-0.4, -0.2) is 24.9 Å². The second-order valence-corrected chi connectivity index (χ2v) is 4.60. The Bertz CT molecular complexity index is 329. The third-order valence-electron chi connectivity index (χ3n) is 2.20. The van der Waals surface area contributed by atoms with E-state index in [0.29, 0.717) is 13.0 Å². The second-order valence-electron chi connectivity index (χ2n) is 3.74. The van der Waals surface area contributed by atoms with E-state index in [-0.39, 0.29) is 6.10 Å². The number of hydrogen-bond donors (Lipinski definition) is 2. The number of aliphatic hydroxyl groups excluding tert-OH is 1. The molecule has 3 nitrogen and oxygen atoms in total. The van der Waals surface area contributed by atoms with Gasteiger partial charge in [-0.25, -0.2) is 0 Å². The lowest BCUT2D eigenvalue weighted by molar-refractivity contribution is 0.155. The van der Waals surface area contributed by atoms with E-state index >= 15 is 0 Å². The van der Waals surface area contributed by atoms with Crippen molar-refractivity contribution in [1.82, 2.24) is 5.32 Å². The highest BCUT2D eigenvalue weighted by Crippen LogP contribution is 2.29. The van der Waals surface area contributed by atoms with Gasteiger partial charge in [0.1, 0.15) is 5.75 Å². The van der Waals surface area contributed by atoms with Crippen LogP contribution in [-0.2, 0) is 6.54 Å². The highest BCUT2D eigenvalue weighted by Gasteiger charge is 2.07. The van der Waals surface area contributed by atoms with Crippen molar-refractivity contribution in [1.29, 1.82) is 0 Å². The zero-order valence-corrected chi connectivity index (χ0v) is 11.3. The quantitative estimate of drug-likeness (QED) is 0.844. The SMILES string of the molecule is CNCc1cccc(Br)c1OCCC(C)O. The molecule has 0 heterocycles. The molecule has 1 unspecified atom stereocenters. The molecule has 0 bridgehead atoms. The molecule has 1 rings (SSSR count). The molecule has 16 heavy (non-hydrogen) atoms. The van der Waals surface area contributed by atoms with Gasteiger partial charge in [0.15, 0.2) is 0 Å². The van der Waals surface area contributed by atoms with E-state index in [1.807, 2.05) is 25.2 Å². The number of para-hydroxylation sites is 1. The Morgan fingerprint density at radius 1 is 1.50 bits per heavy atom. The van der Waals surface area contributed by atoms with Crippen LogP contribution < -0.4 is 10.1 Å². The Morgan fingerprint density at radius 3 is 2.88 bits per heavy atom. The van der Waals surface area contributed by atoms with Crippen molar-refractivity contribution in [3.8, 4) is 5.75 Å². The summed E-state index contributed by atoms with van der Waals surface area (Å²) in [5, 5.41) is 12.3. The van der Waals surface area contributed by atoms with Gasteiger partial charge in [0.2, 0.25) is 0 Å². The molecule has 4 heteroatoms. The van der Waals surface area contributed by atoms with Crippen LogP contribution in [0.15, 0.2) is 22.7 Å². The highest BCUT2D eigenvalue weighted by atomic mass is 79.9. The maximum Gasteiger partial charge on any atom is 0.137 e. The first-order valence-electron chi connectivity index (χ1n) is 5.38. The number of nitrogens with one attached hydrogen (secondary N) is 1. The number of halogens is 1. The first-order chi connectivity index (χ1) is 7.65. The van der Waals surface area contributed by atoms with Crippen LogP contribution in [0.25, 0.3) is 0 Å². The molecule has 1 aromatic carbocycles. The fourth-order valence-electron chi connectivity index (χ4n) is 1.38. The van der Waals surface area contributed by atoms with E-state index < -0.39 is 0 Å². The maximum atomic E-state index is 9.17. The minimum absolute atomic E-state index is 0.324. The number of ether oxygens (including phenoxy) is 1. The van der Waals surface area contributed by atoms with Gasteiger partial charge in [0, 0.05) is 18.5 Å². The van der Waals surface area contributed by atoms with E-state index in [2.05, 4.69) is 21.2 Å². The van der Waals surface area contributed by atoms with E-state index in [1.165, 1.54) is 0 Å². The summed E-state index contributed by atoms with van der Waals surface area (Å²) in [5.74, 6) is 0.859. The van der Waals surface area contributed by atoms with E-state index in [1.54, 1.807) is 6.92 Å². The van der Waals surface area contributed by atoms with Crippen molar-refractivity contribution in [2.45, 2.75) is 26.0 Å².